The fraction of sp³-hybridized carbons (Fsp3) is 0.769. The minimum atomic E-state index is 0.631. The van der Waals surface area contributed by atoms with Crippen LogP contribution in [0.15, 0.2) is 6.20 Å². The van der Waals surface area contributed by atoms with Crippen LogP contribution in [0.2, 0.25) is 0 Å². The minimum absolute atomic E-state index is 0.631. The smallest absolute Gasteiger partial charge is 0.0537 e. The van der Waals surface area contributed by atoms with E-state index in [1.54, 1.807) is 0 Å². The molecule has 0 saturated heterocycles. The van der Waals surface area contributed by atoms with Gasteiger partial charge in [0.25, 0.3) is 0 Å². The third kappa shape index (κ3) is 2.29. The van der Waals surface area contributed by atoms with E-state index in [0.717, 1.165) is 6.54 Å². The minimum Gasteiger partial charge on any atom is -0.326 e. The van der Waals surface area contributed by atoms with E-state index in [1.807, 2.05) is 6.20 Å². The summed E-state index contributed by atoms with van der Waals surface area (Å²) in [5, 5.41) is 4.45. The van der Waals surface area contributed by atoms with Crippen molar-refractivity contribution in [1.82, 2.24) is 9.78 Å². The second-order valence-electron chi connectivity index (χ2n) is 4.76. The van der Waals surface area contributed by atoms with Crippen LogP contribution in [0.1, 0.15) is 62.6 Å². The van der Waals surface area contributed by atoms with Crippen molar-refractivity contribution in [2.24, 2.45) is 5.73 Å². The molecule has 2 N–H and O–H groups in total. The van der Waals surface area contributed by atoms with E-state index in [2.05, 4.69) is 16.7 Å². The van der Waals surface area contributed by atoms with Gasteiger partial charge in [0.05, 0.1) is 6.20 Å². The predicted octanol–water partition coefficient (Wildman–Crippen LogP) is 2.80. The summed E-state index contributed by atoms with van der Waals surface area (Å²) >= 11 is 0. The maximum absolute atomic E-state index is 5.81. The third-order valence-electron chi connectivity index (χ3n) is 3.72. The first-order valence-electron chi connectivity index (χ1n) is 6.61. The molecule has 0 spiro atoms. The molecule has 1 aromatic rings. The van der Waals surface area contributed by atoms with Crippen LogP contribution in [0, 0.1) is 0 Å². The Kier molecular flexibility index (Phi) is 3.99. The highest BCUT2D eigenvalue weighted by Gasteiger charge is 2.21. The fourth-order valence-electron chi connectivity index (χ4n) is 2.87. The molecule has 2 rings (SSSR count). The zero-order chi connectivity index (χ0) is 11.4. The van der Waals surface area contributed by atoms with Gasteiger partial charge in [-0.15, -0.1) is 0 Å². The summed E-state index contributed by atoms with van der Waals surface area (Å²) in [6.45, 7) is 3.76. The van der Waals surface area contributed by atoms with Gasteiger partial charge >= 0.3 is 0 Å². The molecule has 1 saturated carbocycles. The summed E-state index contributed by atoms with van der Waals surface area (Å²) in [5.74, 6) is 0.698. The fourth-order valence-corrected chi connectivity index (χ4v) is 2.87. The lowest BCUT2D eigenvalue weighted by atomic mass is 9.93. The molecule has 16 heavy (non-hydrogen) atoms. The van der Waals surface area contributed by atoms with Gasteiger partial charge in [-0.25, -0.2) is 0 Å². The van der Waals surface area contributed by atoms with Crippen molar-refractivity contribution in [3.63, 3.8) is 0 Å². The van der Waals surface area contributed by atoms with Crippen LogP contribution in [0.5, 0.6) is 0 Å². The highest BCUT2D eigenvalue weighted by molar-refractivity contribution is 5.22. The molecule has 90 valence electrons. The molecule has 1 aliphatic carbocycles. The molecular weight excluding hydrogens is 198 g/mol. The first kappa shape index (κ1) is 11.6. The molecule has 3 heteroatoms. The van der Waals surface area contributed by atoms with Gasteiger partial charge < -0.3 is 5.73 Å². The molecule has 0 bridgehead atoms. The molecule has 0 aromatic carbocycles. The number of aryl methyl sites for hydroxylation is 1. The molecular formula is C13H23N3. The Labute approximate surface area is 98.0 Å². The van der Waals surface area contributed by atoms with Crippen LogP contribution >= 0.6 is 0 Å². The summed E-state index contributed by atoms with van der Waals surface area (Å²) in [6, 6.07) is 0. The van der Waals surface area contributed by atoms with Gasteiger partial charge in [-0.3, -0.25) is 4.68 Å². The van der Waals surface area contributed by atoms with Crippen LogP contribution in [0.3, 0.4) is 0 Å². The number of hydrogen-bond acceptors (Lipinski definition) is 2. The van der Waals surface area contributed by atoms with Gasteiger partial charge in [-0.05, 0) is 19.8 Å². The number of nitrogens with two attached hydrogens (primary N) is 1. The Morgan fingerprint density at radius 3 is 2.56 bits per heavy atom. The van der Waals surface area contributed by atoms with E-state index < -0.39 is 0 Å². The van der Waals surface area contributed by atoms with E-state index in [9.17, 15) is 0 Å². The maximum Gasteiger partial charge on any atom is 0.0537 e. The largest absolute Gasteiger partial charge is 0.326 e. The first-order chi connectivity index (χ1) is 7.86. The van der Waals surface area contributed by atoms with Crippen molar-refractivity contribution >= 4 is 0 Å². The molecule has 3 nitrogen and oxygen atoms in total. The number of rotatable bonds is 3. The van der Waals surface area contributed by atoms with Crippen molar-refractivity contribution in [3.05, 3.63) is 17.5 Å². The normalized spacial score (nSPS) is 18.6. The lowest BCUT2D eigenvalue weighted by molar-refractivity contribution is 0.514. The van der Waals surface area contributed by atoms with Gasteiger partial charge in [-0.1, -0.05) is 25.7 Å². The van der Waals surface area contributed by atoms with Gasteiger partial charge in [0.2, 0.25) is 0 Å². The Morgan fingerprint density at radius 2 is 2.00 bits per heavy atom. The zero-order valence-electron chi connectivity index (χ0n) is 10.3. The first-order valence-corrected chi connectivity index (χ1v) is 6.61. The summed E-state index contributed by atoms with van der Waals surface area (Å²) in [4.78, 5) is 0. The molecule has 0 atom stereocenters. The monoisotopic (exact) mass is 221 g/mol. The second kappa shape index (κ2) is 5.48. The van der Waals surface area contributed by atoms with Crippen LogP contribution in [0.4, 0.5) is 0 Å². The van der Waals surface area contributed by atoms with Gasteiger partial charge in [0.15, 0.2) is 0 Å². The average Bonchev–Trinajstić information content (AvgIpc) is 2.54. The molecule has 1 heterocycles. The highest BCUT2D eigenvalue weighted by Crippen LogP contribution is 2.33. The number of hydrogen-bond donors (Lipinski definition) is 1. The number of aromatic nitrogens is 2. The summed E-state index contributed by atoms with van der Waals surface area (Å²) in [6.07, 6.45) is 10.1. The van der Waals surface area contributed by atoms with Crippen LogP contribution < -0.4 is 5.73 Å². The molecule has 0 unspecified atom stereocenters. The summed E-state index contributed by atoms with van der Waals surface area (Å²) in [7, 11) is 0. The Morgan fingerprint density at radius 1 is 1.31 bits per heavy atom. The lowest BCUT2D eigenvalue weighted by Crippen LogP contribution is -2.11. The van der Waals surface area contributed by atoms with Crippen molar-refractivity contribution in [3.8, 4) is 0 Å². The molecule has 0 radical (unpaired) electrons. The van der Waals surface area contributed by atoms with Crippen molar-refractivity contribution < 1.29 is 0 Å². The molecule has 0 aliphatic heterocycles. The van der Waals surface area contributed by atoms with Crippen LogP contribution in [-0.4, -0.2) is 9.78 Å². The maximum atomic E-state index is 5.81. The lowest BCUT2D eigenvalue weighted by Gasteiger charge is -2.17. The van der Waals surface area contributed by atoms with Crippen molar-refractivity contribution in [1.29, 1.82) is 0 Å². The van der Waals surface area contributed by atoms with E-state index >= 15 is 0 Å². The summed E-state index contributed by atoms with van der Waals surface area (Å²) in [5.41, 5.74) is 8.49. The highest BCUT2D eigenvalue weighted by atomic mass is 15.3. The predicted molar refractivity (Wildman–Crippen MR) is 66.2 cm³/mol. The van der Waals surface area contributed by atoms with Crippen molar-refractivity contribution in [2.75, 3.05) is 0 Å². The Bertz CT molecular complexity index is 300. The average molecular weight is 221 g/mol. The standard InChI is InChI=1S/C13H23N3/c1-2-16-13(12(9-14)10-15-16)11-7-5-3-4-6-8-11/h10-11H,2-9,14H2,1H3. The van der Waals surface area contributed by atoms with E-state index in [0.29, 0.717) is 12.5 Å². The van der Waals surface area contributed by atoms with Gasteiger partial charge in [0.1, 0.15) is 0 Å². The SMILES string of the molecule is CCn1ncc(CN)c1C1CCCCCC1. The van der Waals surface area contributed by atoms with Crippen LogP contribution in [-0.2, 0) is 13.1 Å². The van der Waals surface area contributed by atoms with Crippen molar-refractivity contribution in [2.45, 2.75) is 64.5 Å². The zero-order valence-corrected chi connectivity index (χ0v) is 10.3. The Hall–Kier alpha value is -0.830. The van der Waals surface area contributed by atoms with E-state index in [4.69, 9.17) is 5.73 Å². The van der Waals surface area contributed by atoms with Crippen LogP contribution in [0.25, 0.3) is 0 Å². The topological polar surface area (TPSA) is 43.8 Å². The van der Waals surface area contributed by atoms with E-state index in [-0.39, 0.29) is 0 Å². The Balaban J connectivity index is 2.24. The molecule has 1 aromatic heterocycles. The number of nitrogens with zero attached hydrogens (tertiary/aromatic N) is 2. The summed E-state index contributed by atoms with van der Waals surface area (Å²) < 4.78 is 2.15. The third-order valence-corrected chi connectivity index (χ3v) is 3.72. The van der Waals surface area contributed by atoms with Gasteiger partial charge in [0, 0.05) is 30.3 Å². The van der Waals surface area contributed by atoms with E-state index in [1.165, 1.54) is 49.8 Å². The second-order valence-corrected chi connectivity index (χ2v) is 4.76. The molecule has 1 aliphatic rings. The quantitative estimate of drug-likeness (QED) is 0.798. The molecule has 1 fully saturated rings. The van der Waals surface area contributed by atoms with Gasteiger partial charge in [-0.2, -0.15) is 5.10 Å². The molecule has 0 amide bonds.